The first-order chi connectivity index (χ1) is 5.97. The van der Waals surface area contributed by atoms with E-state index in [2.05, 4.69) is 0 Å². The van der Waals surface area contributed by atoms with Gasteiger partial charge in [-0.15, -0.1) is 0 Å². The number of rotatable bonds is 2. The SMILES string of the molecule is NCC(F)(F)c1ccc(O)c(O)c1. The van der Waals surface area contributed by atoms with Crippen LogP contribution in [0.1, 0.15) is 5.56 Å². The van der Waals surface area contributed by atoms with Gasteiger partial charge in [0.05, 0.1) is 6.54 Å². The highest BCUT2D eigenvalue weighted by molar-refractivity contribution is 5.41. The van der Waals surface area contributed by atoms with Crippen molar-refractivity contribution in [3.8, 4) is 11.5 Å². The molecule has 0 saturated carbocycles. The van der Waals surface area contributed by atoms with E-state index >= 15 is 0 Å². The molecule has 0 aromatic heterocycles. The van der Waals surface area contributed by atoms with E-state index in [0.29, 0.717) is 0 Å². The minimum absolute atomic E-state index is 0.412. The summed E-state index contributed by atoms with van der Waals surface area (Å²) in [6.45, 7) is -0.836. The molecule has 0 unspecified atom stereocenters. The minimum Gasteiger partial charge on any atom is -0.504 e. The standard InChI is InChI=1S/C8H9F2NO2/c9-8(10,4-11)5-1-2-6(12)7(13)3-5/h1-3,12-13H,4,11H2. The maximum absolute atomic E-state index is 12.9. The third-order valence-corrected chi connectivity index (χ3v) is 1.65. The number of hydrogen-bond donors (Lipinski definition) is 3. The Labute approximate surface area is 73.4 Å². The number of benzene rings is 1. The molecule has 0 atom stereocenters. The van der Waals surface area contributed by atoms with Crippen LogP contribution in [0.2, 0.25) is 0 Å². The fourth-order valence-corrected chi connectivity index (χ4v) is 0.869. The highest BCUT2D eigenvalue weighted by atomic mass is 19.3. The Hall–Kier alpha value is -1.36. The maximum atomic E-state index is 12.9. The van der Waals surface area contributed by atoms with Crippen LogP contribution in [-0.2, 0) is 5.92 Å². The zero-order chi connectivity index (χ0) is 10.1. The van der Waals surface area contributed by atoms with Crippen LogP contribution in [-0.4, -0.2) is 16.8 Å². The third-order valence-electron chi connectivity index (χ3n) is 1.65. The summed E-state index contributed by atoms with van der Waals surface area (Å²) in [6.07, 6.45) is 0. The molecule has 0 saturated heterocycles. The second kappa shape index (κ2) is 3.18. The van der Waals surface area contributed by atoms with Crippen molar-refractivity contribution in [1.82, 2.24) is 0 Å². The summed E-state index contributed by atoms with van der Waals surface area (Å²) in [5, 5.41) is 17.8. The molecular weight excluding hydrogens is 180 g/mol. The van der Waals surface area contributed by atoms with Gasteiger partial charge in [-0.25, -0.2) is 0 Å². The molecule has 0 aliphatic rings. The van der Waals surface area contributed by atoms with Gasteiger partial charge in [0.2, 0.25) is 0 Å². The topological polar surface area (TPSA) is 66.5 Å². The largest absolute Gasteiger partial charge is 0.504 e. The van der Waals surface area contributed by atoms with Crippen molar-refractivity contribution < 1.29 is 19.0 Å². The summed E-state index contributed by atoms with van der Waals surface area (Å²) in [7, 11) is 0. The van der Waals surface area contributed by atoms with E-state index in [0.717, 1.165) is 18.2 Å². The van der Waals surface area contributed by atoms with Gasteiger partial charge in [0.15, 0.2) is 11.5 Å². The molecule has 0 aliphatic carbocycles. The lowest BCUT2D eigenvalue weighted by molar-refractivity contribution is 0.00570. The molecule has 0 spiro atoms. The molecule has 3 nitrogen and oxygen atoms in total. The Morgan fingerprint density at radius 1 is 1.23 bits per heavy atom. The van der Waals surface area contributed by atoms with Crippen LogP contribution in [0.3, 0.4) is 0 Å². The van der Waals surface area contributed by atoms with E-state index < -0.39 is 29.5 Å². The van der Waals surface area contributed by atoms with Gasteiger partial charge in [-0.2, -0.15) is 8.78 Å². The molecule has 0 aliphatic heterocycles. The minimum atomic E-state index is -3.18. The van der Waals surface area contributed by atoms with Crippen LogP contribution in [0.5, 0.6) is 11.5 Å². The number of alkyl halides is 2. The van der Waals surface area contributed by atoms with Crippen LogP contribution < -0.4 is 5.73 Å². The van der Waals surface area contributed by atoms with Crippen LogP contribution >= 0.6 is 0 Å². The molecule has 72 valence electrons. The molecule has 0 amide bonds. The lowest BCUT2D eigenvalue weighted by atomic mass is 10.1. The molecule has 0 fully saturated rings. The molecule has 13 heavy (non-hydrogen) atoms. The third kappa shape index (κ3) is 1.86. The van der Waals surface area contributed by atoms with Gasteiger partial charge < -0.3 is 15.9 Å². The van der Waals surface area contributed by atoms with Gasteiger partial charge in [-0.3, -0.25) is 0 Å². The number of phenols is 2. The summed E-state index contributed by atoms with van der Waals surface area (Å²) < 4.78 is 25.8. The van der Waals surface area contributed by atoms with Gasteiger partial charge >= 0.3 is 0 Å². The molecule has 1 rings (SSSR count). The zero-order valence-electron chi connectivity index (χ0n) is 6.67. The summed E-state index contributed by atoms with van der Waals surface area (Å²) in [5.41, 5.74) is 4.42. The number of hydrogen-bond acceptors (Lipinski definition) is 3. The van der Waals surface area contributed by atoms with Crippen molar-refractivity contribution in [2.24, 2.45) is 5.73 Å². The average molecular weight is 189 g/mol. The van der Waals surface area contributed by atoms with Gasteiger partial charge in [-0.05, 0) is 18.2 Å². The van der Waals surface area contributed by atoms with Crippen molar-refractivity contribution in [2.75, 3.05) is 6.54 Å². The Bertz CT molecular complexity index is 315. The van der Waals surface area contributed by atoms with E-state index in [1.165, 1.54) is 0 Å². The zero-order valence-corrected chi connectivity index (χ0v) is 6.67. The van der Waals surface area contributed by atoms with Crippen LogP contribution in [0, 0.1) is 0 Å². The van der Waals surface area contributed by atoms with E-state index in [9.17, 15) is 8.78 Å². The van der Waals surface area contributed by atoms with E-state index in [-0.39, 0.29) is 0 Å². The second-order valence-corrected chi connectivity index (χ2v) is 2.61. The van der Waals surface area contributed by atoms with Crippen molar-refractivity contribution in [1.29, 1.82) is 0 Å². The second-order valence-electron chi connectivity index (χ2n) is 2.61. The first-order valence-electron chi connectivity index (χ1n) is 3.58. The number of aromatic hydroxyl groups is 2. The highest BCUT2D eigenvalue weighted by Gasteiger charge is 2.30. The number of phenolic OH excluding ortho intramolecular Hbond substituents is 2. The Morgan fingerprint density at radius 2 is 1.85 bits per heavy atom. The smallest absolute Gasteiger partial charge is 0.285 e. The monoisotopic (exact) mass is 189 g/mol. The quantitative estimate of drug-likeness (QED) is 0.611. The molecule has 1 aromatic carbocycles. The highest BCUT2D eigenvalue weighted by Crippen LogP contribution is 2.33. The summed E-state index contributed by atoms with van der Waals surface area (Å²) >= 11 is 0. The number of nitrogens with two attached hydrogens (primary N) is 1. The molecule has 0 heterocycles. The maximum Gasteiger partial charge on any atom is 0.285 e. The molecule has 5 heteroatoms. The molecule has 1 aromatic rings. The van der Waals surface area contributed by atoms with Crippen LogP contribution in [0.25, 0.3) is 0 Å². The van der Waals surface area contributed by atoms with Crippen molar-refractivity contribution in [3.05, 3.63) is 23.8 Å². The predicted molar refractivity (Wildman–Crippen MR) is 42.7 cm³/mol. The predicted octanol–water partition coefficient (Wildman–Crippen LogP) is 1.15. The van der Waals surface area contributed by atoms with Crippen LogP contribution in [0.15, 0.2) is 18.2 Å². The molecular formula is C8H9F2NO2. The van der Waals surface area contributed by atoms with E-state index in [1.54, 1.807) is 0 Å². The first kappa shape index (κ1) is 9.73. The normalized spacial score (nSPS) is 11.6. The first-order valence-corrected chi connectivity index (χ1v) is 3.58. The van der Waals surface area contributed by atoms with Crippen molar-refractivity contribution >= 4 is 0 Å². The van der Waals surface area contributed by atoms with Gasteiger partial charge in [0.25, 0.3) is 5.92 Å². The summed E-state index contributed by atoms with van der Waals surface area (Å²) in [5.74, 6) is -4.19. The van der Waals surface area contributed by atoms with E-state index in [4.69, 9.17) is 15.9 Å². The van der Waals surface area contributed by atoms with Crippen LogP contribution in [0.4, 0.5) is 8.78 Å². The Morgan fingerprint density at radius 3 is 2.31 bits per heavy atom. The Balaban J connectivity index is 3.10. The molecule has 0 bridgehead atoms. The lowest BCUT2D eigenvalue weighted by Gasteiger charge is -2.14. The van der Waals surface area contributed by atoms with Gasteiger partial charge in [0.1, 0.15) is 0 Å². The fraction of sp³-hybridized carbons (Fsp3) is 0.250. The van der Waals surface area contributed by atoms with Gasteiger partial charge in [0, 0.05) is 5.56 Å². The molecule has 4 N–H and O–H groups in total. The van der Waals surface area contributed by atoms with Crippen molar-refractivity contribution in [2.45, 2.75) is 5.92 Å². The summed E-state index contributed by atoms with van der Waals surface area (Å²) in [4.78, 5) is 0. The van der Waals surface area contributed by atoms with Crippen molar-refractivity contribution in [3.63, 3.8) is 0 Å². The van der Waals surface area contributed by atoms with E-state index in [1.807, 2.05) is 0 Å². The lowest BCUT2D eigenvalue weighted by Crippen LogP contribution is -2.24. The molecule has 0 radical (unpaired) electrons. The van der Waals surface area contributed by atoms with Gasteiger partial charge in [-0.1, -0.05) is 0 Å². The summed E-state index contributed by atoms with van der Waals surface area (Å²) in [6, 6.07) is 2.80. The number of halogens is 2. The average Bonchev–Trinajstić information content (AvgIpc) is 2.09. The Kier molecular flexibility index (Phi) is 2.38. The fourth-order valence-electron chi connectivity index (χ4n) is 0.869.